The van der Waals surface area contributed by atoms with Gasteiger partial charge in [-0.25, -0.2) is 0 Å². The summed E-state index contributed by atoms with van der Waals surface area (Å²) in [5.41, 5.74) is 8.87. The standard InChI is InChI=1S/C21H38N6O4/c1-5-20(6-2,26-15(4)28)19(31)25-16(10-9-13-24-14(3)22)17(29)27-21(18(23)30)11-7-8-12-21/h16,24H,3,5-13,22H2,1-2,4H3,(H2,23,30)(H,25,31)(H,26,28)(H,27,29)/t16-/m0/s1. The lowest BCUT2D eigenvalue weighted by Gasteiger charge is -2.34. The molecule has 0 aromatic heterocycles. The summed E-state index contributed by atoms with van der Waals surface area (Å²) in [5, 5.41) is 11.2. The van der Waals surface area contributed by atoms with Crippen molar-refractivity contribution in [3.8, 4) is 0 Å². The van der Waals surface area contributed by atoms with Gasteiger partial charge < -0.3 is 32.7 Å². The number of amides is 4. The van der Waals surface area contributed by atoms with E-state index in [1.807, 2.05) is 0 Å². The monoisotopic (exact) mass is 438 g/mol. The number of rotatable bonds is 13. The van der Waals surface area contributed by atoms with Gasteiger partial charge in [0.15, 0.2) is 0 Å². The summed E-state index contributed by atoms with van der Waals surface area (Å²) in [4.78, 5) is 50.0. The molecule has 1 saturated carbocycles. The molecule has 0 aliphatic heterocycles. The third-order valence-electron chi connectivity index (χ3n) is 5.99. The Bertz CT molecular complexity index is 683. The molecule has 1 fully saturated rings. The average Bonchev–Trinajstić information content (AvgIpc) is 3.17. The van der Waals surface area contributed by atoms with Crippen LogP contribution < -0.4 is 32.7 Å². The zero-order chi connectivity index (χ0) is 23.7. The second-order valence-electron chi connectivity index (χ2n) is 8.23. The van der Waals surface area contributed by atoms with Crippen LogP contribution in [0.2, 0.25) is 0 Å². The summed E-state index contributed by atoms with van der Waals surface area (Å²) in [7, 11) is 0. The molecular weight excluding hydrogens is 400 g/mol. The molecule has 4 amide bonds. The zero-order valence-electron chi connectivity index (χ0n) is 18.9. The van der Waals surface area contributed by atoms with Crippen molar-refractivity contribution in [2.24, 2.45) is 11.5 Å². The average molecular weight is 439 g/mol. The van der Waals surface area contributed by atoms with Gasteiger partial charge in [0.25, 0.3) is 0 Å². The summed E-state index contributed by atoms with van der Waals surface area (Å²) < 4.78 is 0. The van der Waals surface area contributed by atoms with Gasteiger partial charge in [-0.2, -0.15) is 0 Å². The number of carbonyl (C=O) groups excluding carboxylic acids is 4. The molecule has 1 aliphatic rings. The molecule has 0 spiro atoms. The van der Waals surface area contributed by atoms with Crippen LogP contribution in [0.1, 0.15) is 72.1 Å². The lowest BCUT2D eigenvalue weighted by molar-refractivity contribution is -0.137. The minimum Gasteiger partial charge on any atom is -0.386 e. The molecule has 31 heavy (non-hydrogen) atoms. The molecule has 176 valence electrons. The van der Waals surface area contributed by atoms with Gasteiger partial charge in [0.05, 0.1) is 5.82 Å². The van der Waals surface area contributed by atoms with Crippen molar-refractivity contribution in [1.29, 1.82) is 0 Å². The van der Waals surface area contributed by atoms with Crippen LogP contribution in [0.4, 0.5) is 0 Å². The molecule has 0 unspecified atom stereocenters. The molecule has 1 aliphatic carbocycles. The predicted molar refractivity (Wildman–Crippen MR) is 118 cm³/mol. The second kappa shape index (κ2) is 11.6. The van der Waals surface area contributed by atoms with Gasteiger partial charge in [0, 0.05) is 13.5 Å². The molecule has 1 rings (SSSR count). The number of nitrogens with two attached hydrogens (primary N) is 2. The molecule has 0 bridgehead atoms. The van der Waals surface area contributed by atoms with Crippen molar-refractivity contribution in [2.75, 3.05) is 6.54 Å². The maximum absolute atomic E-state index is 13.1. The van der Waals surface area contributed by atoms with Crippen LogP contribution >= 0.6 is 0 Å². The first kappa shape index (κ1) is 26.3. The Morgan fingerprint density at radius 3 is 2.13 bits per heavy atom. The fraction of sp³-hybridized carbons (Fsp3) is 0.714. The van der Waals surface area contributed by atoms with Crippen LogP contribution in [0, 0.1) is 0 Å². The first-order valence-electron chi connectivity index (χ1n) is 10.9. The molecule has 0 aromatic rings. The molecule has 0 heterocycles. The smallest absolute Gasteiger partial charge is 0.246 e. The molecule has 0 aromatic carbocycles. The lowest BCUT2D eigenvalue weighted by Crippen LogP contribution is -2.64. The Kier molecular flexibility index (Phi) is 9.80. The third-order valence-corrected chi connectivity index (χ3v) is 5.99. The summed E-state index contributed by atoms with van der Waals surface area (Å²) in [6.07, 6.45) is 4.08. The van der Waals surface area contributed by atoms with Crippen LogP contribution in [0.25, 0.3) is 0 Å². The molecule has 10 heteroatoms. The van der Waals surface area contributed by atoms with Crippen molar-refractivity contribution in [2.45, 2.75) is 89.3 Å². The lowest BCUT2D eigenvalue weighted by atomic mass is 9.90. The minimum absolute atomic E-state index is 0.302. The van der Waals surface area contributed by atoms with Crippen molar-refractivity contribution in [3.05, 3.63) is 12.4 Å². The van der Waals surface area contributed by atoms with Crippen LogP contribution in [-0.4, -0.2) is 47.3 Å². The summed E-state index contributed by atoms with van der Waals surface area (Å²) in [6, 6.07) is -0.900. The Morgan fingerprint density at radius 1 is 1.10 bits per heavy atom. The largest absolute Gasteiger partial charge is 0.386 e. The normalized spacial score (nSPS) is 16.1. The maximum Gasteiger partial charge on any atom is 0.246 e. The minimum atomic E-state index is -1.12. The van der Waals surface area contributed by atoms with Crippen LogP contribution in [0.5, 0.6) is 0 Å². The van der Waals surface area contributed by atoms with E-state index in [9.17, 15) is 19.2 Å². The van der Waals surface area contributed by atoms with Gasteiger partial charge >= 0.3 is 0 Å². The molecule has 10 nitrogen and oxygen atoms in total. The second-order valence-corrected chi connectivity index (χ2v) is 8.23. The molecule has 1 atom stereocenters. The Balaban J connectivity index is 3.02. The van der Waals surface area contributed by atoms with E-state index >= 15 is 0 Å². The van der Waals surface area contributed by atoms with E-state index in [1.165, 1.54) is 6.92 Å². The quantitative estimate of drug-likeness (QED) is 0.219. The van der Waals surface area contributed by atoms with Crippen molar-refractivity contribution >= 4 is 23.6 Å². The Morgan fingerprint density at radius 2 is 1.68 bits per heavy atom. The third kappa shape index (κ3) is 7.15. The maximum atomic E-state index is 13.1. The Labute approximate surface area is 184 Å². The molecule has 0 radical (unpaired) electrons. The van der Waals surface area contributed by atoms with Gasteiger partial charge in [-0.3, -0.25) is 19.2 Å². The molecule has 8 N–H and O–H groups in total. The zero-order valence-corrected chi connectivity index (χ0v) is 18.9. The molecule has 0 saturated heterocycles. The van der Waals surface area contributed by atoms with Crippen LogP contribution in [0.3, 0.4) is 0 Å². The summed E-state index contributed by atoms with van der Waals surface area (Å²) in [6.45, 7) is 8.97. The van der Waals surface area contributed by atoms with Gasteiger partial charge in [-0.05, 0) is 38.5 Å². The molecular formula is C21H38N6O4. The number of hydrogen-bond acceptors (Lipinski definition) is 6. The fourth-order valence-electron chi connectivity index (χ4n) is 4.00. The number of nitrogens with one attached hydrogen (secondary N) is 4. The van der Waals surface area contributed by atoms with E-state index < -0.39 is 34.8 Å². The summed E-state index contributed by atoms with van der Waals surface area (Å²) >= 11 is 0. The van der Waals surface area contributed by atoms with Crippen molar-refractivity contribution < 1.29 is 19.2 Å². The first-order chi connectivity index (χ1) is 14.5. The Hall–Kier alpha value is -2.78. The van der Waals surface area contributed by atoms with E-state index in [4.69, 9.17) is 11.5 Å². The van der Waals surface area contributed by atoms with Crippen molar-refractivity contribution in [1.82, 2.24) is 21.3 Å². The van der Waals surface area contributed by atoms with E-state index in [2.05, 4.69) is 27.8 Å². The van der Waals surface area contributed by atoms with Crippen molar-refractivity contribution in [3.63, 3.8) is 0 Å². The SMILES string of the molecule is C=C(N)NCCC[C@H](NC(=O)C(CC)(CC)NC(C)=O)C(=O)NC1(C(N)=O)CCCC1. The van der Waals surface area contributed by atoms with Gasteiger partial charge in [0.2, 0.25) is 23.6 Å². The highest BCUT2D eigenvalue weighted by molar-refractivity contribution is 5.96. The van der Waals surface area contributed by atoms with Gasteiger partial charge in [-0.15, -0.1) is 0 Å². The highest BCUT2D eigenvalue weighted by Crippen LogP contribution is 2.29. The number of carbonyl (C=O) groups is 4. The number of primary amides is 1. The summed E-state index contributed by atoms with van der Waals surface area (Å²) in [5.74, 6) is -1.50. The predicted octanol–water partition coefficient (Wildman–Crippen LogP) is -0.120. The van der Waals surface area contributed by atoms with E-state index in [0.717, 1.165) is 12.8 Å². The highest BCUT2D eigenvalue weighted by Gasteiger charge is 2.43. The van der Waals surface area contributed by atoms with Gasteiger partial charge in [-0.1, -0.05) is 33.3 Å². The fourth-order valence-corrected chi connectivity index (χ4v) is 4.00. The topological polar surface area (TPSA) is 168 Å². The number of hydrogen-bond donors (Lipinski definition) is 6. The van der Waals surface area contributed by atoms with Crippen LogP contribution in [-0.2, 0) is 19.2 Å². The van der Waals surface area contributed by atoms with Gasteiger partial charge in [0.1, 0.15) is 17.1 Å². The van der Waals surface area contributed by atoms with E-state index in [-0.39, 0.29) is 5.91 Å². The van der Waals surface area contributed by atoms with E-state index in [1.54, 1.807) is 13.8 Å². The highest BCUT2D eigenvalue weighted by atomic mass is 16.2. The first-order valence-corrected chi connectivity index (χ1v) is 10.9. The van der Waals surface area contributed by atoms with Crippen LogP contribution in [0.15, 0.2) is 12.4 Å². The van der Waals surface area contributed by atoms with E-state index in [0.29, 0.717) is 50.9 Å².